The molecular weight excluding hydrogens is 328 g/mol. The average molecular weight is 350 g/mol. The summed E-state index contributed by atoms with van der Waals surface area (Å²) < 4.78 is 5.49. The Hall–Kier alpha value is -2.57. The van der Waals surface area contributed by atoms with Gasteiger partial charge in [0.25, 0.3) is 0 Å². The summed E-state index contributed by atoms with van der Waals surface area (Å²) >= 11 is 0. The highest BCUT2D eigenvalue weighted by Gasteiger charge is 2.27. The summed E-state index contributed by atoms with van der Waals surface area (Å²) in [6.07, 6.45) is 6.65. The Balaban J connectivity index is 1.32. The van der Waals surface area contributed by atoms with Crippen LogP contribution >= 0.6 is 0 Å². The van der Waals surface area contributed by atoms with Crippen LogP contribution in [0.1, 0.15) is 30.4 Å². The van der Waals surface area contributed by atoms with Gasteiger partial charge in [-0.2, -0.15) is 0 Å². The molecule has 6 heteroatoms. The standard InChI is InChI=1S/C20H22N4O2/c25-20(18-3-1-2-8-22-18)16-6-11-24(12-7-16)14-17-13-19(23-26-17)15-4-9-21-10-5-15/h1-5,8-10,13,16,20,25H,6-7,11-12,14H2. The lowest BCUT2D eigenvalue weighted by atomic mass is 9.89. The van der Waals surface area contributed by atoms with Gasteiger partial charge in [0.05, 0.1) is 18.3 Å². The Morgan fingerprint density at radius 3 is 2.65 bits per heavy atom. The van der Waals surface area contributed by atoms with E-state index in [2.05, 4.69) is 20.0 Å². The minimum atomic E-state index is -0.484. The van der Waals surface area contributed by atoms with Crippen LogP contribution in [0, 0.1) is 5.92 Å². The number of likely N-dealkylation sites (tertiary alicyclic amines) is 1. The molecule has 6 nitrogen and oxygen atoms in total. The zero-order chi connectivity index (χ0) is 17.8. The molecule has 3 aromatic rings. The number of aliphatic hydroxyl groups excluding tert-OH is 1. The number of rotatable bonds is 5. The van der Waals surface area contributed by atoms with Crippen LogP contribution in [0.15, 0.2) is 59.5 Å². The predicted octanol–water partition coefficient (Wildman–Crippen LogP) is 3.08. The monoisotopic (exact) mass is 350 g/mol. The van der Waals surface area contributed by atoms with Gasteiger partial charge in [-0.3, -0.25) is 14.9 Å². The molecule has 134 valence electrons. The molecule has 0 radical (unpaired) electrons. The Bertz CT molecular complexity index is 814. The molecule has 1 atom stereocenters. The van der Waals surface area contributed by atoms with Crippen LogP contribution in [-0.4, -0.2) is 38.2 Å². The predicted molar refractivity (Wildman–Crippen MR) is 96.9 cm³/mol. The summed E-state index contributed by atoms with van der Waals surface area (Å²) in [5, 5.41) is 14.7. The van der Waals surface area contributed by atoms with E-state index in [1.807, 2.05) is 36.4 Å². The number of aromatic nitrogens is 3. The highest BCUT2D eigenvalue weighted by atomic mass is 16.5. The summed E-state index contributed by atoms with van der Waals surface area (Å²) in [4.78, 5) is 10.6. The fourth-order valence-corrected chi connectivity index (χ4v) is 3.49. The quantitative estimate of drug-likeness (QED) is 0.762. The van der Waals surface area contributed by atoms with Crippen molar-refractivity contribution in [3.8, 4) is 11.3 Å². The first-order valence-electron chi connectivity index (χ1n) is 8.97. The Kier molecular flexibility index (Phi) is 5.04. The summed E-state index contributed by atoms with van der Waals surface area (Å²) in [7, 11) is 0. The van der Waals surface area contributed by atoms with Crippen molar-refractivity contribution >= 4 is 0 Å². The van der Waals surface area contributed by atoms with Crippen LogP contribution in [0.4, 0.5) is 0 Å². The van der Waals surface area contributed by atoms with Crippen LogP contribution in [0.5, 0.6) is 0 Å². The largest absolute Gasteiger partial charge is 0.387 e. The second-order valence-electron chi connectivity index (χ2n) is 6.73. The van der Waals surface area contributed by atoms with E-state index < -0.39 is 6.10 Å². The van der Waals surface area contributed by atoms with Gasteiger partial charge in [0.1, 0.15) is 5.69 Å². The topological polar surface area (TPSA) is 75.3 Å². The van der Waals surface area contributed by atoms with E-state index in [1.165, 1.54) is 0 Å². The van der Waals surface area contributed by atoms with Gasteiger partial charge in [-0.05, 0) is 56.1 Å². The van der Waals surface area contributed by atoms with Crippen molar-refractivity contribution in [1.29, 1.82) is 0 Å². The first-order chi connectivity index (χ1) is 12.8. The van der Waals surface area contributed by atoms with Crippen LogP contribution < -0.4 is 0 Å². The summed E-state index contributed by atoms with van der Waals surface area (Å²) in [5.41, 5.74) is 2.61. The molecule has 26 heavy (non-hydrogen) atoms. The number of hydrogen-bond donors (Lipinski definition) is 1. The highest BCUT2D eigenvalue weighted by Crippen LogP contribution is 2.30. The maximum Gasteiger partial charge on any atom is 0.151 e. The first kappa shape index (κ1) is 16.9. The molecule has 4 rings (SSSR count). The minimum absolute atomic E-state index is 0.253. The number of pyridine rings is 2. The number of aliphatic hydroxyl groups is 1. The normalized spacial score (nSPS) is 17.3. The van der Waals surface area contributed by atoms with Gasteiger partial charge in [0, 0.05) is 30.2 Å². The fraction of sp³-hybridized carbons (Fsp3) is 0.350. The van der Waals surface area contributed by atoms with Crippen molar-refractivity contribution in [3.05, 3.63) is 66.4 Å². The molecule has 1 aliphatic heterocycles. The lowest BCUT2D eigenvalue weighted by Gasteiger charge is -2.33. The fourth-order valence-electron chi connectivity index (χ4n) is 3.49. The zero-order valence-corrected chi connectivity index (χ0v) is 14.5. The molecule has 0 aromatic carbocycles. The van der Waals surface area contributed by atoms with Crippen molar-refractivity contribution in [2.75, 3.05) is 13.1 Å². The maximum atomic E-state index is 10.5. The van der Waals surface area contributed by atoms with Crippen molar-refractivity contribution in [1.82, 2.24) is 20.0 Å². The van der Waals surface area contributed by atoms with Gasteiger partial charge >= 0.3 is 0 Å². The van der Waals surface area contributed by atoms with E-state index in [9.17, 15) is 5.11 Å². The van der Waals surface area contributed by atoms with Crippen molar-refractivity contribution < 1.29 is 9.63 Å². The second-order valence-corrected chi connectivity index (χ2v) is 6.73. The van der Waals surface area contributed by atoms with Crippen molar-refractivity contribution in [2.45, 2.75) is 25.5 Å². The van der Waals surface area contributed by atoms with E-state index >= 15 is 0 Å². The Morgan fingerprint density at radius 2 is 1.92 bits per heavy atom. The molecule has 4 heterocycles. The molecule has 1 unspecified atom stereocenters. The molecule has 1 aliphatic rings. The Morgan fingerprint density at radius 1 is 1.12 bits per heavy atom. The number of hydrogen-bond acceptors (Lipinski definition) is 6. The average Bonchev–Trinajstić information content (AvgIpc) is 3.18. The lowest BCUT2D eigenvalue weighted by Crippen LogP contribution is -2.35. The van der Waals surface area contributed by atoms with E-state index in [0.29, 0.717) is 0 Å². The maximum absolute atomic E-state index is 10.5. The molecular formula is C20H22N4O2. The highest BCUT2D eigenvalue weighted by molar-refractivity contribution is 5.57. The third-order valence-corrected chi connectivity index (χ3v) is 4.98. The van der Waals surface area contributed by atoms with Crippen molar-refractivity contribution in [3.63, 3.8) is 0 Å². The van der Waals surface area contributed by atoms with Gasteiger partial charge in [0.2, 0.25) is 0 Å². The zero-order valence-electron chi connectivity index (χ0n) is 14.5. The van der Waals surface area contributed by atoms with Gasteiger partial charge in [-0.1, -0.05) is 11.2 Å². The van der Waals surface area contributed by atoms with E-state index in [0.717, 1.165) is 55.2 Å². The third-order valence-electron chi connectivity index (χ3n) is 4.98. The lowest BCUT2D eigenvalue weighted by molar-refractivity contribution is 0.0516. The molecule has 0 aliphatic carbocycles. The van der Waals surface area contributed by atoms with Crippen LogP contribution in [-0.2, 0) is 6.54 Å². The smallest absolute Gasteiger partial charge is 0.151 e. The molecule has 0 spiro atoms. The molecule has 3 aromatic heterocycles. The third kappa shape index (κ3) is 3.81. The van der Waals surface area contributed by atoms with Gasteiger partial charge < -0.3 is 9.63 Å². The van der Waals surface area contributed by atoms with Crippen LogP contribution in [0.2, 0.25) is 0 Å². The minimum Gasteiger partial charge on any atom is -0.387 e. The summed E-state index contributed by atoms with van der Waals surface area (Å²) in [6, 6.07) is 11.5. The first-order valence-corrected chi connectivity index (χ1v) is 8.97. The SMILES string of the molecule is OC(c1ccccn1)C1CCN(Cc2cc(-c3ccncc3)no2)CC1. The number of nitrogens with zero attached hydrogens (tertiary/aromatic N) is 4. The van der Waals surface area contributed by atoms with Gasteiger partial charge in [-0.25, -0.2) is 0 Å². The van der Waals surface area contributed by atoms with Gasteiger partial charge in [0.15, 0.2) is 5.76 Å². The number of piperidine rings is 1. The van der Waals surface area contributed by atoms with Crippen LogP contribution in [0.3, 0.4) is 0 Å². The molecule has 1 fully saturated rings. The van der Waals surface area contributed by atoms with Gasteiger partial charge in [-0.15, -0.1) is 0 Å². The molecule has 0 amide bonds. The second kappa shape index (κ2) is 7.76. The van der Waals surface area contributed by atoms with Crippen molar-refractivity contribution in [2.24, 2.45) is 5.92 Å². The molecule has 0 saturated carbocycles. The van der Waals surface area contributed by atoms with Crippen LogP contribution in [0.25, 0.3) is 11.3 Å². The molecule has 0 bridgehead atoms. The molecule has 1 saturated heterocycles. The molecule has 1 N–H and O–H groups in total. The summed E-state index contributed by atoms with van der Waals surface area (Å²) in [6.45, 7) is 2.60. The van der Waals surface area contributed by atoms with E-state index in [1.54, 1.807) is 18.6 Å². The Labute approximate surface area is 152 Å². The van der Waals surface area contributed by atoms with E-state index in [4.69, 9.17) is 4.52 Å². The summed E-state index contributed by atoms with van der Waals surface area (Å²) in [5.74, 6) is 1.11. The van der Waals surface area contributed by atoms with E-state index in [-0.39, 0.29) is 5.92 Å².